The summed E-state index contributed by atoms with van der Waals surface area (Å²) in [6.45, 7) is 1.96. The molecule has 0 bridgehead atoms. The lowest BCUT2D eigenvalue weighted by Crippen LogP contribution is -2.23. The molecule has 1 unspecified atom stereocenters. The summed E-state index contributed by atoms with van der Waals surface area (Å²) in [6, 6.07) is 13.6. The highest BCUT2D eigenvalue weighted by Gasteiger charge is 2.12. The summed E-state index contributed by atoms with van der Waals surface area (Å²) in [7, 11) is 0. The molecule has 26 heavy (non-hydrogen) atoms. The highest BCUT2D eigenvalue weighted by molar-refractivity contribution is 5.90. The number of nitro benzene ring substituents is 1. The Morgan fingerprint density at radius 2 is 2.00 bits per heavy atom. The van der Waals surface area contributed by atoms with Crippen LogP contribution in [-0.2, 0) is 0 Å². The third-order valence-electron chi connectivity index (χ3n) is 3.97. The van der Waals surface area contributed by atoms with Crippen LogP contribution in [0.25, 0.3) is 10.9 Å². The van der Waals surface area contributed by atoms with Crippen LogP contribution in [0.5, 0.6) is 0 Å². The van der Waals surface area contributed by atoms with Gasteiger partial charge < -0.3 is 15.7 Å². The lowest BCUT2D eigenvalue weighted by Gasteiger charge is -2.17. The van der Waals surface area contributed by atoms with Crippen molar-refractivity contribution < 1.29 is 10.0 Å². The Bertz CT molecular complexity index is 928. The number of para-hydroxylation sites is 1. The first kappa shape index (κ1) is 17.6. The molecule has 0 aliphatic heterocycles. The number of anilines is 3. The second-order valence-electron chi connectivity index (χ2n) is 5.78. The van der Waals surface area contributed by atoms with Gasteiger partial charge in [0.2, 0.25) is 5.95 Å². The van der Waals surface area contributed by atoms with E-state index in [0.29, 0.717) is 17.5 Å². The molecule has 3 rings (SSSR count). The van der Waals surface area contributed by atoms with Gasteiger partial charge in [0.15, 0.2) is 0 Å². The average Bonchev–Trinajstić information content (AvgIpc) is 2.66. The van der Waals surface area contributed by atoms with E-state index >= 15 is 0 Å². The van der Waals surface area contributed by atoms with Gasteiger partial charge in [-0.3, -0.25) is 10.1 Å². The number of fused-ring (bicyclic) bond motifs is 1. The molecule has 0 radical (unpaired) electrons. The Morgan fingerprint density at radius 1 is 1.19 bits per heavy atom. The number of nitrogens with zero attached hydrogens (tertiary/aromatic N) is 3. The molecule has 1 atom stereocenters. The fourth-order valence-corrected chi connectivity index (χ4v) is 2.54. The normalized spacial score (nSPS) is 11.9. The molecule has 134 valence electrons. The van der Waals surface area contributed by atoms with E-state index in [0.717, 1.165) is 17.3 Å². The van der Waals surface area contributed by atoms with Crippen molar-refractivity contribution >= 4 is 34.0 Å². The monoisotopic (exact) mass is 353 g/mol. The zero-order valence-electron chi connectivity index (χ0n) is 14.2. The fraction of sp³-hybridized carbons (Fsp3) is 0.222. The minimum absolute atomic E-state index is 0.0114. The summed E-state index contributed by atoms with van der Waals surface area (Å²) in [5.41, 5.74) is 1.24. The van der Waals surface area contributed by atoms with Gasteiger partial charge in [-0.05, 0) is 24.6 Å². The molecule has 2 aromatic carbocycles. The molecular formula is C18H19N5O3. The second-order valence-corrected chi connectivity index (χ2v) is 5.78. The van der Waals surface area contributed by atoms with Crippen molar-refractivity contribution in [3.05, 3.63) is 58.6 Å². The predicted molar refractivity (Wildman–Crippen MR) is 101 cm³/mol. The van der Waals surface area contributed by atoms with Crippen LogP contribution in [0.1, 0.15) is 13.3 Å². The maximum atomic E-state index is 10.9. The van der Waals surface area contributed by atoms with Crippen LogP contribution >= 0.6 is 0 Å². The molecule has 0 amide bonds. The Labute approximate surface area is 150 Å². The quantitative estimate of drug-likeness (QED) is 0.440. The Kier molecular flexibility index (Phi) is 5.23. The minimum atomic E-state index is -0.452. The van der Waals surface area contributed by atoms with Crippen LogP contribution in [0.15, 0.2) is 48.5 Å². The van der Waals surface area contributed by atoms with E-state index in [9.17, 15) is 15.2 Å². The molecular weight excluding hydrogens is 334 g/mol. The molecule has 0 aliphatic rings. The molecule has 1 heterocycles. The van der Waals surface area contributed by atoms with Crippen LogP contribution in [0, 0.1) is 10.1 Å². The van der Waals surface area contributed by atoms with E-state index in [1.165, 1.54) is 12.1 Å². The molecule has 8 heteroatoms. The number of hydrogen-bond acceptors (Lipinski definition) is 7. The maximum Gasteiger partial charge on any atom is 0.271 e. The van der Waals surface area contributed by atoms with Crippen molar-refractivity contribution in [1.29, 1.82) is 0 Å². The van der Waals surface area contributed by atoms with Gasteiger partial charge in [-0.25, -0.2) is 4.98 Å². The SMILES string of the molecule is CCC(CO)Nc1nc(Nc2cccc([N+](=O)[O-])c2)nc2ccccc12. The highest BCUT2D eigenvalue weighted by atomic mass is 16.6. The standard InChI is InChI=1S/C18H19N5O3/c1-2-12(11-24)19-17-15-8-3-4-9-16(15)21-18(22-17)20-13-6-5-7-14(10-13)23(25)26/h3-10,12,24H,2,11H2,1H3,(H2,19,20,21,22). The van der Waals surface area contributed by atoms with Crippen LogP contribution in [0.4, 0.5) is 23.1 Å². The zero-order chi connectivity index (χ0) is 18.5. The summed E-state index contributed by atoms with van der Waals surface area (Å²) in [4.78, 5) is 19.4. The Hall–Kier alpha value is -3.26. The molecule has 8 nitrogen and oxygen atoms in total. The molecule has 1 aromatic heterocycles. The van der Waals surface area contributed by atoms with E-state index < -0.39 is 4.92 Å². The van der Waals surface area contributed by atoms with Crippen molar-refractivity contribution in [2.75, 3.05) is 17.2 Å². The van der Waals surface area contributed by atoms with Crippen LogP contribution in [-0.4, -0.2) is 32.6 Å². The van der Waals surface area contributed by atoms with Crippen LogP contribution in [0.3, 0.4) is 0 Å². The number of nitrogens with one attached hydrogen (secondary N) is 2. The number of non-ortho nitro benzene ring substituents is 1. The van der Waals surface area contributed by atoms with Gasteiger partial charge in [-0.1, -0.05) is 25.1 Å². The maximum absolute atomic E-state index is 10.9. The first-order valence-electron chi connectivity index (χ1n) is 8.26. The van der Waals surface area contributed by atoms with Crippen LogP contribution < -0.4 is 10.6 Å². The van der Waals surface area contributed by atoms with Gasteiger partial charge in [0.25, 0.3) is 5.69 Å². The summed E-state index contributed by atoms with van der Waals surface area (Å²) < 4.78 is 0. The average molecular weight is 353 g/mol. The number of aliphatic hydroxyl groups excluding tert-OH is 1. The van der Waals surface area contributed by atoms with E-state index in [1.807, 2.05) is 31.2 Å². The largest absolute Gasteiger partial charge is 0.394 e. The van der Waals surface area contributed by atoms with Gasteiger partial charge in [-0.2, -0.15) is 4.98 Å². The third-order valence-corrected chi connectivity index (χ3v) is 3.97. The van der Waals surface area contributed by atoms with Crippen molar-refractivity contribution in [3.8, 4) is 0 Å². The minimum Gasteiger partial charge on any atom is -0.394 e. The fourth-order valence-electron chi connectivity index (χ4n) is 2.54. The zero-order valence-corrected chi connectivity index (χ0v) is 14.2. The second kappa shape index (κ2) is 7.75. The van der Waals surface area contributed by atoms with E-state index in [4.69, 9.17) is 0 Å². The van der Waals surface area contributed by atoms with Gasteiger partial charge >= 0.3 is 0 Å². The van der Waals surface area contributed by atoms with E-state index in [2.05, 4.69) is 20.6 Å². The van der Waals surface area contributed by atoms with Crippen molar-refractivity contribution in [2.45, 2.75) is 19.4 Å². The molecule has 0 spiro atoms. The summed E-state index contributed by atoms with van der Waals surface area (Å²) in [5, 5.41) is 27.5. The molecule has 0 fully saturated rings. The first-order valence-corrected chi connectivity index (χ1v) is 8.26. The van der Waals surface area contributed by atoms with Gasteiger partial charge in [0, 0.05) is 23.2 Å². The Balaban J connectivity index is 1.98. The number of aromatic nitrogens is 2. The number of nitro groups is 1. The molecule has 0 saturated carbocycles. The van der Waals surface area contributed by atoms with E-state index in [-0.39, 0.29) is 18.3 Å². The van der Waals surface area contributed by atoms with Gasteiger partial charge in [0.1, 0.15) is 5.82 Å². The van der Waals surface area contributed by atoms with Crippen LogP contribution in [0.2, 0.25) is 0 Å². The molecule has 3 N–H and O–H groups in total. The summed E-state index contributed by atoms with van der Waals surface area (Å²) in [6.07, 6.45) is 0.739. The highest BCUT2D eigenvalue weighted by Crippen LogP contribution is 2.25. The van der Waals surface area contributed by atoms with Crippen molar-refractivity contribution in [2.24, 2.45) is 0 Å². The predicted octanol–water partition coefficient (Wildman–Crippen LogP) is 3.46. The van der Waals surface area contributed by atoms with Gasteiger partial charge in [0.05, 0.1) is 23.1 Å². The molecule has 3 aromatic rings. The lowest BCUT2D eigenvalue weighted by molar-refractivity contribution is -0.384. The third kappa shape index (κ3) is 3.86. The Morgan fingerprint density at radius 3 is 2.73 bits per heavy atom. The summed E-state index contributed by atoms with van der Waals surface area (Å²) in [5.74, 6) is 0.920. The number of benzene rings is 2. The van der Waals surface area contributed by atoms with Crippen molar-refractivity contribution in [1.82, 2.24) is 9.97 Å². The topological polar surface area (TPSA) is 113 Å². The molecule has 0 aliphatic carbocycles. The van der Waals surface area contributed by atoms with Crippen molar-refractivity contribution in [3.63, 3.8) is 0 Å². The molecule has 0 saturated heterocycles. The number of rotatable bonds is 7. The number of aliphatic hydroxyl groups is 1. The van der Waals surface area contributed by atoms with Gasteiger partial charge in [-0.15, -0.1) is 0 Å². The smallest absolute Gasteiger partial charge is 0.271 e. The van der Waals surface area contributed by atoms with E-state index in [1.54, 1.807) is 12.1 Å². The lowest BCUT2D eigenvalue weighted by atomic mass is 10.2. The summed E-state index contributed by atoms with van der Waals surface area (Å²) >= 11 is 0. The first-order chi connectivity index (χ1) is 12.6. The number of hydrogen-bond donors (Lipinski definition) is 3.